The highest BCUT2D eigenvalue weighted by molar-refractivity contribution is 9.10. The first-order valence-corrected chi connectivity index (χ1v) is 9.55. The molecule has 1 N–H and O–H groups in total. The Labute approximate surface area is 149 Å². The number of nitrogens with one attached hydrogen (secondary N) is 1. The topological polar surface area (TPSA) is 64.0 Å². The molecule has 24 heavy (non-hydrogen) atoms. The fourth-order valence-electron chi connectivity index (χ4n) is 2.41. The first-order chi connectivity index (χ1) is 11.5. The van der Waals surface area contributed by atoms with Crippen molar-refractivity contribution < 1.29 is 8.42 Å². The minimum Gasteiger partial charge on any atom is -0.336 e. The quantitative estimate of drug-likeness (QED) is 0.708. The summed E-state index contributed by atoms with van der Waals surface area (Å²) >= 11 is 3.31. The van der Waals surface area contributed by atoms with Crippen molar-refractivity contribution in [3.63, 3.8) is 0 Å². The van der Waals surface area contributed by atoms with Gasteiger partial charge in [0.05, 0.1) is 4.90 Å². The van der Waals surface area contributed by atoms with Gasteiger partial charge in [-0.2, -0.15) is 4.72 Å². The molecule has 0 aliphatic heterocycles. The van der Waals surface area contributed by atoms with Crippen molar-refractivity contribution in [2.75, 3.05) is 0 Å². The molecule has 0 bridgehead atoms. The van der Waals surface area contributed by atoms with Crippen molar-refractivity contribution in [1.29, 1.82) is 0 Å². The summed E-state index contributed by atoms with van der Waals surface area (Å²) < 4.78 is 30.9. The Morgan fingerprint density at radius 1 is 1.08 bits per heavy atom. The van der Waals surface area contributed by atoms with Crippen LogP contribution in [0, 0.1) is 0 Å². The van der Waals surface area contributed by atoms with E-state index in [-0.39, 0.29) is 4.90 Å². The lowest BCUT2D eigenvalue weighted by atomic mass is 10.1. The van der Waals surface area contributed by atoms with Crippen molar-refractivity contribution in [1.82, 2.24) is 14.3 Å². The van der Waals surface area contributed by atoms with Gasteiger partial charge in [0.25, 0.3) is 0 Å². The highest BCUT2D eigenvalue weighted by Gasteiger charge is 2.25. The molecule has 7 heteroatoms. The SMILES string of the molecule is Cn1ccnc1C(NS(=O)(=O)c1ccc(Br)cc1)c1ccccc1. The van der Waals surface area contributed by atoms with Crippen LogP contribution in [0.15, 0.2) is 76.4 Å². The van der Waals surface area contributed by atoms with Gasteiger partial charge in [0.15, 0.2) is 0 Å². The maximum Gasteiger partial charge on any atom is 0.241 e. The highest BCUT2D eigenvalue weighted by Crippen LogP contribution is 2.23. The Morgan fingerprint density at radius 2 is 1.75 bits per heavy atom. The summed E-state index contributed by atoms with van der Waals surface area (Å²) in [4.78, 5) is 4.52. The zero-order valence-electron chi connectivity index (χ0n) is 12.9. The van der Waals surface area contributed by atoms with E-state index in [1.807, 2.05) is 41.9 Å². The number of benzene rings is 2. The number of hydrogen-bond acceptors (Lipinski definition) is 3. The van der Waals surface area contributed by atoms with Gasteiger partial charge in [-0.05, 0) is 29.8 Å². The zero-order chi connectivity index (χ0) is 17.2. The number of aromatic nitrogens is 2. The fourth-order valence-corrected chi connectivity index (χ4v) is 3.85. The van der Waals surface area contributed by atoms with Crippen LogP contribution in [0.3, 0.4) is 0 Å². The number of halogens is 1. The fraction of sp³-hybridized carbons (Fsp3) is 0.118. The summed E-state index contributed by atoms with van der Waals surface area (Å²) in [5, 5.41) is 0. The second-order valence-electron chi connectivity index (χ2n) is 5.32. The summed E-state index contributed by atoms with van der Waals surface area (Å²) in [6, 6.07) is 15.4. The van der Waals surface area contributed by atoms with E-state index in [1.165, 1.54) is 0 Å². The highest BCUT2D eigenvalue weighted by atomic mass is 79.9. The number of nitrogens with zero attached hydrogens (tertiary/aromatic N) is 2. The van der Waals surface area contributed by atoms with E-state index in [2.05, 4.69) is 25.6 Å². The molecule has 0 saturated carbocycles. The monoisotopic (exact) mass is 405 g/mol. The Balaban J connectivity index is 2.01. The van der Waals surface area contributed by atoms with E-state index in [0.29, 0.717) is 5.82 Å². The number of rotatable bonds is 5. The van der Waals surface area contributed by atoms with E-state index in [1.54, 1.807) is 36.7 Å². The predicted molar refractivity (Wildman–Crippen MR) is 96.0 cm³/mol. The average Bonchev–Trinajstić information content (AvgIpc) is 3.00. The van der Waals surface area contributed by atoms with Gasteiger partial charge >= 0.3 is 0 Å². The molecule has 3 rings (SSSR count). The van der Waals surface area contributed by atoms with Crippen LogP contribution < -0.4 is 4.72 Å². The number of aryl methyl sites for hydroxylation is 1. The van der Waals surface area contributed by atoms with Gasteiger partial charge in [-0.1, -0.05) is 46.3 Å². The van der Waals surface area contributed by atoms with Crippen LogP contribution in [-0.2, 0) is 17.1 Å². The molecule has 1 atom stereocenters. The average molecular weight is 406 g/mol. The van der Waals surface area contributed by atoms with E-state index < -0.39 is 16.1 Å². The molecule has 0 amide bonds. The molecule has 0 radical (unpaired) electrons. The molecule has 0 aliphatic carbocycles. The molecule has 1 aromatic heterocycles. The third-order valence-electron chi connectivity index (χ3n) is 3.65. The maximum atomic E-state index is 12.8. The molecule has 124 valence electrons. The summed E-state index contributed by atoms with van der Waals surface area (Å²) in [7, 11) is -1.85. The van der Waals surface area contributed by atoms with Crippen LogP contribution in [0.25, 0.3) is 0 Å². The first-order valence-electron chi connectivity index (χ1n) is 7.27. The molecule has 1 heterocycles. The second kappa shape index (κ2) is 6.88. The Morgan fingerprint density at radius 3 is 2.33 bits per heavy atom. The van der Waals surface area contributed by atoms with Crippen LogP contribution >= 0.6 is 15.9 Å². The molecule has 0 fully saturated rings. The third kappa shape index (κ3) is 3.58. The minimum atomic E-state index is -3.69. The van der Waals surface area contributed by atoms with Crippen LogP contribution in [0.5, 0.6) is 0 Å². The normalized spacial score (nSPS) is 12.9. The molecule has 1 unspecified atom stereocenters. The summed E-state index contributed by atoms with van der Waals surface area (Å²) in [5.74, 6) is 0.627. The van der Waals surface area contributed by atoms with Gasteiger partial charge in [-0.15, -0.1) is 0 Å². The lowest BCUT2D eigenvalue weighted by Gasteiger charge is -2.19. The van der Waals surface area contributed by atoms with Crippen LogP contribution in [0.2, 0.25) is 0 Å². The van der Waals surface area contributed by atoms with Crippen molar-refractivity contribution in [2.45, 2.75) is 10.9 Å². The molecule has 3 aromatic rings. The van der Waals surface area contributed by atoms with Crippen LogP contribution in [0.1, 0.15) is 17.4 Å². The minimum absolute atomic E-state index is 0.209. The summed E-state index contributed by atoms with van der Waals surface area (Å²) in [5.41, 5.74) is 0.826. The Hall–Kier alpha value is -1.96. The second-order valence-corrected chi connectivity index (χ2v) is 7.94. The molecule has 0 spiro atoms. The molecular weight excluding hydrogens is 390 g/mol. The van der Waals surface area contributed by atoms with Gasteiger partial charge in [0, 0.05) is 23.9 Å². The molecule has 2 aromatic carbocycles. The lowest BCUT2D eigenvalue weighted by molar-refractivity contribution is 0.563. The molecule has 5 nitrogen and oxygen atoms in total. The van der Waals surface area contributed by atoms with Gasteiger partial charge in [0.2, 0.25) is 10.0 Å². The van der Waals surface area contributed by atoms with Crippen molar-refractivity contribution in [3.8, 4) is 0 Å². The van der Waals surface area contributed by atoms with Crippen molar-refractivity contribution in [2.24, 2.45) is 7.05 Å². The summed E-state index contributed by atoms with van der Waals surface area (Å²) in [6.45, 7) is 0. The summed E-state index contributed by atoms with van der Waals surface area (Å²) in [6.07, 6.45) is 3.44. The van der Waals surface area contributed by atoms with E-state index in [0.717, 1.165) is 10.0 Å². The number of hydrogen-bond donors (Lipinski definition) is 1. The standard InChI is InChI=1S/C17H16BrN3O2S/c1-21-12-11-19-17(21)16(13-5-3-2-4-6-13)20-24(22,23)15-9-7-14(18)8-10-15/h2-12,16,20H,1H3. The van der Waals surface area contributed by atoms with Crippen LogP contribution in [-0.4, -0.2) is 18.0 Å². The molecule has 0 saturated heterocycles. The van der Waals surface area contributed by atoms with Crippen LogP contribution in [0.4, 0.5) is 0 Å². The maximum absolute atomic E-state index is 12.8. The zero-order valence-corrected chi connectivity index (χ0v) is 15.3. The Bertz CT molecular complexity index is 922. The van der Waals surface area contributed by atoms with Gasteiger partial charge in [0.1, 0.15) is 11.9 Å². The van der Waals surface area contributed by atoms with Gasteiger partial charge in [-0.3, -0.25) is 0 Å². The van der Waals surface area contributed by atoms with Crippen molar-refractivity contribution in [3.05, 3.63) is 82.9 Å². The third-order valence-corrected chi connectivity index (χ3v) is 5.61. The Kier molecular flexibility index (Phi) is 4.84. The number of imidazole rings is 1. The van der Waals surface area contributed by atoms with E-state index in [4.69, 9.17) is 0 Å². The smallest absolute Gasteiger partial charge is 0.241 e. The molecular formula is C17H16BrN3O2S. The largest absolute Gasteiger partial charge is 0.336 e. The predicted octanol–water partition coefficient (Wildman–Crippen LogP) is 3.25. The number of sulfonamides is 1. The van der Waals surface area contributed by atoms with Crippen molar-refractivity contribution >= 4 is 26.0 Å². The van der Waals surface area contributed by atoms with E-state index in [9.17, 15) is 8.42 Å². The van der Waals surface area contributed by atoms with Gasteiger partial charge < -0.3 is 4.57 Å². The molecule has 0 aliphatic rings. The lowest BCUT2D eigenvalue weighted by Crippen LogP contribution is -2.31. The van der Waals surface area contributed by atoms with Gasteiger partial charge in [-0.25, -0.2) is 13.4 Å². The first kappa shape index (κ1) is 16.9. The van der Waals surface area contributed by atoms with E-state index >= 15 is 0 Å².